The third-order valence-corrected chi connectivity index (χ3v) is 2.62. The standard InChI is InChI=1S/C12H21NO/c1-6-12(4,5)13-11-7-9(2)14-10(3)8-11/h1,9-11,13H,7-8H2,2-5H3. The zero-order valence-corrected chi connectivity index (χ0v) is 9.63. The van der Waals surface area contributed by atoms with Gasteiger partial charge in [0.15, 0.2) is 0 Å². The summed E-state index contributed by atoms with van der Waals surface area (Å²) in [5.41, 5.74) is -0.207. The molecule has 2 nitrogen and oxygen atoms in total. The van der Waals surface area contributed by atoms with Crippen molar-refractivity contribution in [2.75, 3.05) is 0 Å². The summed E-state index contributed by atoms with van der Waals surface area (Å²) in [6.07, 6.45) is 8.23. The Morgan fingerprint density at radius 2 is 1.79 bits per heavy atom. The highest BCUT2D eigenvalue weighted by Gasteiger charge is 2.27. The lowest BCUT2D eigenvalue weighted by atomic mass is 9.96. The zero-order chi connectivity index (χ0) is 10.8. The van der Waals surface area contributed by atoms with Gasteiger partial charge in [-0.1, -0.05) is 5.92 Å². The van der Waals surface area contributed by atoms with E-state index >= 15 is 0 Å². The van der Waals surface area contributed by atoms with Crippen LogP contribution in [0, 0.1) is 12.3 Å². The van der Waals surface area contributed by atoms with Gasteiger partial charge in [-0.05, 0) is 40.5 Å². The lowest BCUT2D eigenvalue weighted by Crippen LogP contribution is -2.49. The normalized spacial score (nSPS) is 33.8. The van der Waals surface area contributed by atoms with Crippen molar-refractivity contribution < 1.29 is 4.74 Å². The molecule has 1 aliphatic rings. The molecular formula is C12H21NO. The topological polar surface area (TPSA) is 21.3 Å². The zero-order valence-electron chi connectivity index (χ0n) is 9.63. The molecule has 2 atom stereocenters. The Bertz CT molecular complexity index is 219. The Morgan fingerprint density at radius 3 is 2.21 bits per heavy atom. The molecule has 1 heterocycles. The number of rotatable bonds is 2. The average Bonchev–Trinajstić information content (AvgIpc) is 2.01. The molecule has 0 radical (unpaired) electrons. The molecule has 1 N–H and O–H groups in total. The molecule has 1 saturated heterocycles. The summed E-state index contributed by atoms with van der Waals surface area (Å²) in [6.45, 7) is 8.32. The Balaban J connectivity index is 2.49. The predicted octanol–water partition coefficient (Wildman–Crippen LogP) is 1.94. The van der Waals surface area contributed by atoms with Gasteiger partial charge in [0.05, 0.1) is 17.7 Å². The predicted molar refractivity (Wildman–Crippen MR) is 59.1 cm³/mol. The van der Waals surface area contributed by atoms with Crippen LogP contribution in [-0.4, -0.2) is 23.8 Å². The maximum absolute atomic E-state index is 5.67. The number of hydrogen-bond acceptors (Lipinski definition) is 2. The molecule has 2 unspecified atom stereocenters. The molecular weight excluding hydrogens is 174 g/mol. The lowest BCUT2D eigenvalue weighted by Gasteiger charge is -2.36. The Labute approximate surface area is 87.4 Å². The van der Waals surface area contributed by atoms with Gasteiger partial charge in [-0.2, -0.15) is 0 Å². The minimum Gasteiger partial charge on any atom is -0.375 e. The van der Waals surface area contributed by atoms with Crippen LogP contribution in [-0.2, 0) is 4.74 Å². The fraction of sp³-hybridized carbons (Fsp3) is 0.833. The second kappa shape index (κ2) is 4.33. The highest BCUT2D eigenvalue weighted by atomic mass is 16.5. The van der Waals surface area contributed by atoms with E-state index in [4.69, 9.17) is 11.2 Å². The van der Waals surface area contributed by atoms with E-state index in [1.165, 1.54) is 0 Å². The summed E-state index contributed by atoms with van der Waals surface area (Å²) in [5, 5.41) is 3.49. The van der Waals surface area contributed by atoms with Crippen molar-refractivity contribution in [1.82, 2.24) is 5.32 Å². The Hall–Kier alpha value is -0.520. The highest BCUT2D eigenvalue weighted by Crippen LogP contribution is 2.20. The van der Waals surface area contributed by atoms with Crippen molar-refractivity contribution in [2.45, 2.75) is 64.3 Å². The van der Waals surface area contributed by atoms with Gasteiger partial charge >= 0.3 is 0 Å². The van der Waals surface area contributed by atoms with Crippen LogP contribution in [0.15, 0.2) is 0 Å². The maximum atomic E-state index is 5.67. The summed E-state index contributed by atoms with van der Waals surface area (Å²) >= 11 is 0. The van der Waals surface area contributed by atoms with Crippen molar-refractivity contribution >= 4 is 0 Å². The van der Waals surface area contributed by atoms with Crippen LogP contribution in [0.4, 0.5) is 0 Å². The van der Waals surface area contributed by atoms with Crippen LogP contribution in [0.25, 0.3) is 0 Å². The maximum Gasteiger partial charge on any atom is 0.0743 e. The summed E-state index contributed by atoms with van der Waals surface area (Å²) in [5.74, 6) is 2.77. The van der Waals surface area contributed by atoms with Crippen molar-refractivity contribution in [1.29, 1.82) is 0 Å². The SMILES string of the molecule is C#CC(C)(C)NC1CC(C)OC(C)C1. The first kappa shape index (κ1) is 11.6. The second-order valence-corrected chi connectivity index (χ2v) is 4.84. The monoisotopic (exact) mass is 195 g/mol. The van der Waals surface area contributed by atoms with Gasteiger partial charge in [-0.15, -0.1) is 6.42 Å². The van der Waals surface area contributed by atoms with E-state index in [1.807, 2.05) is 13.8 Å². The summed E-state index contributed by atoms with van der Waals surface area (Å²) in [6, 6.07) is 0.486. The molecule has 2 heteroatoms. The van der Waals surface area contributed by atoms with E-state index in [0.717, 1.165) is 12.8 Å². The Morgan fingerprint density at radius 1 is 1.29 bits per heavy atom. The van der Waals surface area contributed by atoms with Gasteiger partial charge in [0.25, 0.3) is 0 Å². The molecule has 0 saturated carbocycles. The lowest BCUT2D eigenvalue weighted by molar-refractivity contribution is -0.0442. The average molecular weight is 195 g/mol. The van der Waals surface area contributed by atoms with Crippen LogP contribution in [0.1, 0.15) is 40.5 Å². The fourth-order valence-corrected chi connectivity index (χ4v) is 2.08. The number of terminal acetylenes is 1. The third-order valence-electron chi connectivity index (χ3n) is 2.62. The molecule has 0 aromatic rings. The summed E-state index contributed by atoms with van der Waals surface area (Å²) in [4.78, 5) is 0. The second-order valence-electron chi connectivity index (χ2n) is 4.84. The molecule has 0 aromatic heterocycles. The van der Waals surface area contributed by atoms with Crippen molar-refractivity contribution in [3.05, 3.63) is 0 Å². The van der Waals surface area contributed by atoms with E-state index in [9.17, 15) is 0 Å². The molecule has 0 aromatic carbocycles. The summed E-state index contributed by atoms with van der Waals surface area (Å²) in [7, 11) is 0. The van der Waals surface area contributed by atoms with Gasteiger partial charge in [-0.3, -0.25) is 5.32 Å². The first-order valence-electron chi connectivity index (χ1n) is 5.34. The molecule has 14 heavy (non-hydrogen) atoms. The minimum absolute atomic E-state index is 0.207. The van der Waals surface area contributed by atoms with Crippen molar-refractivity contribution in [2.24, 2.45) is 0 Å². The molecule has 0 amide bonds. The molecule has 0 aliphatic carbocycles. The first-order chi connectivity index (χ1) is 6.43. The smallest absolute Gasteiger partial charge is 0.0743 e. The highest BCUT2D eigenvalue weighted by molar-refractivity contribution is 5.08. The Kier molecular flexibility index (Phi) is 3.58. The van der Waals surface area contributed by atoms with Gasteiger partial charge in [0.2, 0.25) is 0 Å². The van der Waals surface area contributed by atoms with Crippen molar-refractivity contribution in [3.8, 4) is 12.3 Å². The fourth-order valence-electron chi connectivity index (χ4n) is 2.08. The van der Waals surface area contributed by atoms with Crippen molar-refractivity contribution in [3.63, 3.8) is 0 Å². The molecule has 0 spiro atoms. The van der Waals surface area contributed by atoms with Crippen LogP contribution < -0.4 is 5.32 Å². The quantitative estimate of drug-likeness (QED) is 0.680. The number of nitrogens with one attached hydrogen (secondary N) is 1. The largest absolute Gasteiger partial charge is 0.375 e. The van der Waals surface area contributed by atoms with E-state index in [2.05, 4.69) is 25.1 Å². The van der Waals surface area contributed by atoms with Gasteiger partial charge in [-0.25, -0.2) is 0 Å². The molecule has 80 valence electrons. The summed E-state index contributed by atoms with van der Waals surface area (Å²) < 4.78 is 5.67. The van der Waals surface area contributed by atoms with Gasteiger partial charge in [0, 0.05) is 6.04 Å². The van der Waals surface area contributed by atoms with Gasteiger partial charge < -0.3 is 4.74 Å². The molecule has 1 fully saturated rings. The van der Waals surface area contributed by atoms with Crippen LogP contribution in [0.5, 0.6) is 0 Å². The third kappa shape index (κ3) is 3.32. The van der Waals surface area contributed by atoms with E-state index in [-0.39, 0.29) is 5.54 Å². The number of hydrogen-bond donors (Lipinski definition) is 1. The molecule has 0 bridgehead atoms. The minimum atomic E-state index is -0.207. The van der Waals surface area contributed by atoms with Crippen LogP contribution in [0.2, 0.25) is 0 Å². The van der Waals surface area contributed by atoms with E-state index in [1.54, 1.807) is 0 Å². The molecule has 1 aliphatic heterocycles. The number of ether oxygens (including phenoxy) is 1. The first-order valence-corrected chi connectivity index (χ1v) is 5.34. The van der Waals surface area contributed by atoms with Crippen LogP contribution >= 0.6 is 0 Å². The van der Waals surface area contributed by atoms with Crippen LogP contribution in [0.3, 0.4) is 0 Å². The van der Waals surface area contributed by atoms with Gasteiger partial charge in [0.1, 0.15) is 0 Å². The van der Waals surface area contributed by atoms with E-state index in [0.29, 0.717) is 18.2 Å². The molecule has 1 rings (SSSR count). The van der Waals surface area contributed by atoms with E-state index < -0.39 is 0 Å².